The predicted octanol–water partition coefficient (Wildman–Crippen LogP) is 2.64. The average Bonchev–Trinajstić information content (AvgIpc) is 2.39. The summed E-state index contributed by atoms with van der Waals surface area (Å²) in [5.41, 5.74) is 1.72. The second-order valence-electron chi connectivity index (χ2n) is 5.03. The Hall–Kier alpha value is -1.49. The summed E-state index contributed by atoms with van der Waals surface area (Å²) in [5, 5.41) is 11.8. The van der Waals surface area contributed by atoms with Crippen LogP contribution in [-0.4, -0.2) is 29.8 Å². The topological polar surface area (TPSA) is 66.4 Å². The zero-order chi connectivity index (χ0) is 15.1. The van der Waals surface area contributed by atoms with Crippen LogP contribution in [0.15, 0.2) is 24.3 Å². The van der Waals surface area contributed by atoms with Gasteiger partial charge < -0.3 is 10.4 Å². The van der Waals surface area contributed by atoms with Gasteiger partial charge in [-0.2, -0.15) is 11.8 Å². The van der Waals surface area contributed by atoms with Crippen LogP contribution in [0.1, 0.15) is 29.8 Å². The van der Waals surface area contributed by atoms with Crippen LogP contribution < -0.4 is 5.32 Å². The number of amides is 1. The van der Waals surface area contributed by atoms with Crippen molar-refractivity contribution in [2.24, 2.45) is 11.8 Å². The van der Waals surface area contributed by atoms with Gasteiger partial charge in [0.2, 0.25) is 0 Å². The van der Waals surface area contributed by atoms with Gasteiger partial charge in [-0.05, 0) is 29.9 Å². The van der Waals surface area contributed by atoms with Crippen molar-refractivity contribution in [2.45, 2.75) is 19.6 Å². The third-order valence-corrected chi connectivity index (χ3v) is 3.75. The predicted molar refractivity (Wildman–Crippen MR) is 82.0 cm³/mol. The number of thioether (sulfide) groups is 1. The van der Waals surface area contributed by atoms with Gasteiger partial charge >= 0.3 is 5.97 Å². The van der Waals surface area contributed by atoms with E-state index in [9.17, 15) is 9.59 Å². The van der Waals surface area contributed by atoms with E-state index in [2.05, 4.69) is 5.32 Å². The largest absolute Gasteiger partial charge is 0.481 e. The van der Waals surface area contributed by atoms with Crippen molar-refractivity contribution in [2.75, 3.05) is 12.8 Å². The van der Waals surface area contributed by atoms with Crippen LogP contribution in [0, 0.1) is 11.8 Å². The molecule has 2 N–H and O–H groups in total. The molecular weight excluding hydrogens is 274 g/mol. The molecule has 0 saturated heterocycles. The lowest BCUT2D eigenvalue weighted by Gasteiger charge is -2.16. The van der Waals surface area contributed by atoms with E-state index < -0.39 is 11.9 Å². The number of carbonyl (C=O) groups is 2. The van der Waals surface area contributed by atoms with E-state index in [1.165, 1.54) is 5.56 Å². The molecule has 0 spiro atoms. The normalized spacial score (nSPS) is 12.2. The number of hydrogen-bond acceptors (Lipinski definition) is 3. The molecule has 0 aromatic heterocycles. The molecule has 0 aliphatic rings. The highest BCUT2D eigenvalue weighted by molar-refractivity contribution is 7.97. The maximum Gasteiger partial charge on any atom is 0.308 e. The molecule has 5 heteroatoms. The van der Waals surface area contributed by atoms with Gasteiger partial charge in [-0.3, -0.25) is 9.59 Å². The SMILES string of the molecule is CSCc1ccc(C(=O)NCC(C(=O)O)C(C)C)cc1. The smallest absolute Gasteiger partial charge is 0.308 e. The summed E-state index contributed by atoms with van der Waals surface area (Å²) >= 11 is 1.72. The van der Waals surface area contributed by atoms with Crippen LogP contribution in [0.5, 0.6) is 0 Å². The molecule has 110 valence electrons. The number of hydrogen-bond donors (Lipinski definition) is 2. The Morgan fingerprint density at radius 3 is 2.30 bits per heavy atom. The lowest BCUT2D eigenvalue weighted by atomic mass is 9.96. The highest BCUT2D eigenvalue weighted by atomic mass is 32.2. The summed E-state index contributed by atoms with van der Waals surface area (Å²) < 4.78 is 0. The van der Waals surface area contributed by atoms with Crippen molar-refractivity contribution < 1.29 is 14.7 Å². The summed E-state index contributed by atoms with van der Waals surface area (Å²) in [6, 6.07) is 7.38. The standard InChI is InChI=1S/C15H21NO3S/c1-10(2)13(15(18)19)8-16-14(17)12-6-4-11(5-7-12)9-20-3/h4-7,10,13H,8-9H2,1-3H3,(H,16,17)(H,18,19). The first kappa shape index (κ1) is 16.6. The quantitative estimate of drug-likeness (QED) is 0.811. The molecule has 1 aromatic rings. The number of carboxylic acids is 1. The third-order valence-electron chi connectivity index (χ3n) is 3.13. The van der Waals surface area contributed by atoms with E-state index >= 15 is 0 Å². The second kappa shape index (κ2) is 7.94. The zero-order valence-electron chi connectivity index (χ0n) is 12.1. The first-order valence-corrected chi connectivity index (χ1v) is 7.94. The molecule has 0 heterocycles. The number of rotatable bonds is 7. The minimum Gasteiger partial charge on any atom is -0.481 e. The minimum atomic E-state index is -0.879. The van der Waals surface area contributed by atoms with Crippen molar-refractivity contribution in [3.63, 3.8) is 0 Å². The van der Waals surface area contributed by atoms with Gasteiger partial charge in [-0.1, -0.05) is 26.0 Å². The van der Waals surface area contributed by atoms with Crippen LogP contribution in [0.25, 0.3) is 0 Å². The maximum absolute atomic E-state index is 12.0. The Labute approximate surface area is 124 Å². The monoisotopic (exact) mass is 295 g/mol. The summed E-state index contributed by atoms with van der Waals surface area (Å²) in [7, 11) is 0. The molecule has 0 saturated carbocycles. The zero-order valence-corrected chi connectivity index (χ0v) is 12.9. The van der Waals surface area contributed by atoms with Gasteiger partial charge in [0.05, 0.1) is 5.92 Å². The number of carbonyl (C=O) groups excluding carboxylic acids is 1. The fourth-order valence-corrected chi connectivity index (χ4v) is 2.36. The number of carboxylic acid groups (broad SMARTS) is 1. The van der Waals surface area contributed by atoms with Crippen molar-refractivity contribution in [1.82, 2.24) is 5.32 Å². The van der Waals surface area contributed by atoms with Gasteiger partial charge in [-0.25, -0.2) is 0 Å². The van der Waals surface area contributed by atoms with Gasteiger partial charge in [-0.15, -0.1) is 0 Å². The van der Waals surface area contributed by atoms with Gasteiger partial charge in [0.15, 0.2) is 0 Å². The first-order valence-electron chi connectivity index (χ1n) is 6.54. The van der Waals surface area contributed by atoms with Gasteiger partial charge in [0.1, 0.15) is 0 Å². The Morgan fingerprint density at radius 2 is 1.85 bits per heavy atom. The Bertz CT molecular complexity index is 457. The summed E-state index contributed by atoms with van der Waals surface area (Å²) in [4.78, 5) is 23.0. The van der Waals surface area contributed by atoms with Crippen molar-refractivity contribution in [3.05, 3.63) is 35.4 Å². The fraction of sp³-hybridized carbons (Fsp3) is 0.467. The summed E-state index contributed by atoms with van der Waals surface area (Å²) in [6.45, 7) is 3.82. The van der Waals surface area contributed by atoms with Crippen molar-refractivity contribution in [3.8, 4) is 0 Å². The van der Waals surface area contributed by atoms with E-state index in [4.69, 9.17) is 5.11 Å². The molecule has 0 aliphatic carbocycles. The maximum atomic E-state index is 12.0. The van der Waals surface area contributed by atoms with E-state index in [0.29, 0.717) is 5.56 Å². The van der Waals surface area contributed by atoms with Crippen LogP contribution in [0.4, 0.5) is 0 Å². The molecule has 1 rings (SSSR count). The van der Waals surface area contributed by atoms with Crippen molar-refractivity contribution in [1.29, 1.82) is 0 Å². The minimum absolute atomic E-state index is 0.0169. The van der Waals surface area contributed by atoms with E-state index in [-0.39, 0.29) is 18.4 Å². The van der Waals surface area contributed by atoms with Crippen LogP contribution in [0.3, 0.4) is 0 Å². The van der Waals surface area contributed by atoms with Gasteiger partial charge in [0, 0.05) is 17.9 Å². The lowest BCUT2D eigenvalue weighted by molar-refractivity contribution is -0.142. The van der Waals surface area contributed by atoms with E-state index in [1.807, 2.05) is 32.2 Å². The first-order chi connectivity index (χ1) is 9.45. The molecule has 1 amide bonds. The second-order valence-corrected chi connectivity index (χ2v) is 5.89. The molecule has 0 radical (unpaired) electrons. The van der Waals surface area contributed by atoms with E-state index in [0.717, 1.165) is 5.75 Å². The molecule has 4 nitrogen and oxygen atoms in total. The summed E-state index contributed by atoms with van der Waals surface area (Å²) in [6.07, 6.45) is 2.03. The lowest BCUT2D eigenvalue weighted by Crippen LogP contribution is -2.35. The van der Waals surface area contributed by atoms with Gasteiger partial charge in [0.25, 0.3) is 5.91 Å². The fourth-order valence-electron chi connectivity index (χ4n) is 1.83. The van der Waals surface area contributed by atoms with Crippen LogP contribution >= 0.6 is 11.8 Å². The van der Waals surface area contributed by atoms with E-state index in [1.54, 1.807) is 23.9 Å². The molecule has 1 aromatic carbocycles. The highest BCUT2D eigenvalue weighted by Crippen LogP contribution is 2.12. The highest BCUT2D eigenvalue weighted by Gasteiger charge is 2.22. The average molecular weight is 295 g/mol. The Balaban J connectivity index is 2.60. The molecule has 1 unspecified atom stereocenters. The summed E-state index contributed by atoms with van der Waals surface area (Å²) in [5.74, 6) is -0.772. The number of aliphatic carboxylic acids is 1. The van der Waals surface area contributed by atoms with Crippen molar-refractivity contribution >= 4 is 23.6 Å². The number of nitrogens with one attached hydrogen (secondary N) is 1. The van der Waals surface area contributed by atoms with Crippen LogP contribution in [-0.2, 0) is 10.5 Å². The Morgan fingerprint density at radius 1 is 1.25 bits per heavy atom. The molecule has 0 bridgehead atoms. The molecule has 1 atom stereocenters. The molecular formula is C15H21NO3S. The molecule has 0 aliphatic heterocycles. The number of benzene rings is 1. The third kappa shape index (κ3) is 4.89. The molecule has 20 heavy (non-hydrogen) atoms. The molecule has 0 fully saturated rings. The Kier molecular flexibility index (Phi) is 6.58. The van der Waals surface area contributed by atoms with Crippen LogP contribution in [0.2, 0.25) is 0 Å².